The van der Waals surface area contributed by atoms with Gasteiger partial charge in [-0.1, -0.05) is 12.1 Å². The number of carbonyl (C=O) groups is 4. The molecule has 200 valence electrons. The molecule has 0 bridgehead atoms. The number of carbonyl (C=O) groups excluding carboxylic acids is 4. The Labute approximate surface area is 218 Å². The van der Waals surface area contributed by atoms with Crippen molar-refractivity contribution < 1.29 is 32.5 Å². The smallest absolute Gasteiger partial charge is 0.325 e. The summed E-state index contributed by atoms with van der Waals surface area (Å²) in [6, 6.07) is 10.1. The van der Waals surface area contributed by atoms with E-state index < -0.39 is 44.9 Å². The van der Waals surface area contributed by atoms with Gasteiger partial charge in [0.05, 0.1) is 9.82 Å². The predicted octanol–water partition coefficient (Wildman–Crippen LogP) is 1.10. The van der Waals surface area contributed by atoms with Crippen molar-refractivity contribution in [2.75, 3.05) is 32.7 Å². The van der Waals surface area contributed by atoms with E-state index in [9.17, 15) is 37.7 Å². The lowest BCUT2D eigenvalue weighted by Gasteiger charge is -2.34. The molecular weight excluding hydrogens is 518 g/mol. The first-order valence-electron chi connectivity index (χ1n) is 11.6. The van der Waals surface area contributed by atoms with E-state index in [2.05, 4.69) is 5.32 Å². The first-order valence-corrected chi connectivity index (χ1v) is 13.1. The Kier molecular flexibility index (Phi) is 7.04. The Morgan fingerprint density at radius 3 is 2.26 bits per heavy atom. The summed E-state index contributed by atoms with van der Waals surface area (Å²) in [5, 5.41) is 13.5. The van der Waals surface area contributed by atoms with Crippen molar-refractivity contribution in [3.05, 3.63) is 69.8 Å². The molecule has 14 heteroatoms. The molecule has 0 saturated carbocycles. The van der Waals surface area contributed by atoms with Gasteiger partial charge in [0.1, 0.15) is 12.1 Å². The van der Waals surface area contributed by atoms with Crippen molar-refractivity contribution in [1.29, 1.82) is 0 Å². The quantitative estimate of drug-likeness (QED) is 0.234. The second-order valence-electron chi connectivity index (χ2n) is 9.12. The molecular formula is C24H25N5O8S. The second kappa shape index (κ2) is 9.95. The number of sulfonamides is 1. The third kappa shape index (κ3) is 4.87. The summed E-state index contributed by atoms with van der Waals surface area (Å²) in [6.45, 7) is 2.35. The highest BCUT2D eigenvalue weighted by molar-refractivity contribution is 7.89. The number of nitrogens with one attached hydrogen (secondary N) is 1. The third-order valence-electron chi connectivity index (χ3n) is 6.69. The van der Waals surface area contributed by atoms with Gasteiger partial charge >= 0.3 is 6.03 Å². The maximum absolute atomic E-state index is 13.1. The standard InChI is InChI=1S/C24H25N5O8S/c1-16(30)17-4-3-5-20(14-17)38(36,37)27-12-10-26(11-13-27)21(31)15-28-22(32)24(2,25-23(28)33)18-6-8-19(9-7-18)29(34)35/h3-9,14H,10-13,15H2,1-2H3,(H,25,33)/t24-/m1/s1. The van der Waals surface area contributed by atoms with Gasteiger partial charge in [-0.3, -0.25) is 29.4 Å². The van der Waals surface area contributed by atoms with Gasteiger partial charge in [-0.05, 0) is 43.7 Å². The molecule has 2 aliphatic rings. The Hall–Kier alpha value is -4.17. The van der Waals surface area contributed by atoms with Crippen LogP contribution in [0.4, 0.5) is 10.5 Å². The summed E-state index contributed by atoms with van der Waals surface area (Å²) < 4.78 is 27.3. The minimum absolute atomic E-state index is 0.000967. The van der Waals surface area contributed by atoms with Gasteiger partial charge in [0, 0.05) is 43.9 Å². The Bertz CT molecular complexity index is 1430. The molecule has 1 atom stereocenters. The predicted molar refractivity (Wildman–Crippen MR) is 132 cm³/mol. The van der Waals surface area contributed by atoms with Crippen molar-refractivity contribution in [3.8, 4) is 0 Å². The number of imide groups is 1. The van der Waals surface area contributed by atoms with Crippen molar-refractivity contribution >= 4 is 39.3 Å². The number of nitrogens with zero attached hydrogens (tertiary/aromatic N) is 4. The number of nitro groups is 1. The SMILES string of the molecule is CC(=O)c1cccc(S(=O)(=O)N2CCN(C(=O)CN3C(=O)N[C@](C)(c4ccc([N+](=O)[O-])cc4)C3=O)CC2)c1. The van der Waals surface area contributed by atoms with E-state index in [4.69, 9.17) is 0 Å². The number of benzene rings is 2. The highest BCUT2D eigenvalue weighted by Gasteiger charge is 2.50. The summed E-state index contributed by atoms with van der Waals surface area (Å²) in [5.74, 6) is -1.48. The zero-order valence-electron chi connectivity index (χ0n) is 20.6. The van der Waals surface area contributed by atoms with Crippen LogP contribution >= 0.6 is 0 Å². The van der Waals surface area contributed by atoms with E-state index in [1.165, 1.54) is 71.6 Å². The number of hydrogen-bond acceptors (Lipinski definition) is 8. The average molecular weight is 544 g/mol. The lowest BCUT2D eigenvalue weighted by atomic mass is 9.92. The number of amides is 4. The van der Waals surface area contributed by atoms with Crippen LogP contribution in [-0.2, 0) is 25.2 Å². The van der Waals surface area contributed by atoms with Crippen LogP contribution in [0.5, 0.6) is 0 Å². The van der Waals surface area contributed by atoms with E-state index in [1.54, 1.807) is 0 Å². The van der Waals surface area contributed by atoms with Gasteiger partial charge in [0.15, 0.2) is 5.78 Å². The van der Waals surface area contributed by atoms with Gasteiger partial charge in [-0.15, -0.1) is 0 Å². The van der Waals surface area contributed by atoms with Crippen LogP contribution in [-0.4, -0.2) is 83.8 Å². The third-order valence-corrected chi connectivity index (χ3v) is 8.59. The number of non-ortho nitro benzene ring substituents is 1. The van der Waals surface area contributed by atoms with Gasteiger partial charge in [0.2, 0.25) is 15.9 Å². The monoisotopic (exact) mass is 543 g/mol. The summed E-state index contributed by atoms with van der Waals surface area (Å²) >= 11 is 0. The molecule has 2 aromatic carbocycles. The van der Waals surface area contributed by atoms with E-state index in [0.717, 1.165) is 4.90 Å². The summed E-state index contributed by atoms with van der Waals surface area (Å²) in [4.78, 5) is 62.7. The number of piperazine rings is 1. The van der Waals surface area contributed by atoms with Gasteiger partial charge in [-0.2, -0.15) is 4.31 Å². The molecule has 4 rings (SSSR count). The molecule has 2 aliphatic heterocycles. The summed E-state index contributed by atoms with van der Waals surface area (Å²) in [6.07, 6.45) is 0. The number of ketones is 1. The molecule has 2 aromatic rings. The highest BCUT2D eigenvalue weighted by atomic mass is 32.2. The highest BCUT2D eigenvalue weighted by Crippen LogP contribution is 2.30. The molecule has 13 nitrogen and oxygen atoms in total. The Morgan fingerprint density at radius 1 is 1.05 bits per heavy atom. The molecule has 2 saturated heterocycles. The maximum Gasteiger partial charge on any atom is 0.325 e. The molecule has 0 radical (unpaired) electrons. The lowest BCUT2D eigenvalue weighted by Crippen LogP contribution is -2.53. The summed E-state index contributed by atoms with van der Waals surface area (Å²) in [7, 11) is -3.89. The van der Waals surface area contributed by atoms with E-state index in [0.29, 0.717) is 5.56 Å². The maximum atomic E-state index is 13.1. The molecule has 0 aromatic heterocycles. The number of urea groups is 1. The molecule has 0 spiro atoms. The van der Waals surface area contributed by atoms with Crippen LogP contribution in [0.25, 0.3) is 0 Å². The van der Waals surface area contributed by atoms with E-state index in [-0.39, 0.29) is 48.1 Å². The van der Waals surface area contributed by atoms with Crippen LogP contribution in [0.15, 0.2) is 53.4 Å². The second-order valence-corrected chi connectivity index (χ2v) is 11.1. The minimum Gasteiger partial charge on any atom is -0.338 e. The van der Waals surface area contributed by atoms with E-state index >= 15 is 0 Å². The molecule has 0 aliphatic carbocycles. The van der Waals surface area contributed by atoms with Crippen molar-refractivity contribution in [2.45, 2.75) is 24.3 Å². The van der Waals surface area contributed by atoms with Crippen LogP contribution < -0.4 is 5.32 Å². The van der Waals surface area contributed by atoms with Crippen molar-refractivity contribution in [2.24, 2.45) is 0 Å². The fraction of sp³-hybridized carbons (Fsp3) is 0.333. The average Bonchev–Trinajstić information content (AvgIpc) is 3.12. The number of hydrogen-bond donors (Lipinski definition) is 1. The molecule has 2 heterocycles. The number of Topliss-reactive ketones (excluding diaryl/α,β-unsaturated/α-hetero) is 1. The molecule has 2 fully saturated rings. The minimum atomic E-state index is -3.89. The van der Waals surface area contributed by atoms with Crippen LogP contribution in [0, 0.1) is 10.1 Å². The molecule has 1 N–H and O–H groups in total. The Morgan fingerprint density at radius 2 is 1.68 bits per heavy atom. The van der Waals surface area contributed by atoms with Gasteiger partial charge in [-0.25, -0.2) is 13.2 Å². The van der Waals surface area contributed by atoms with Crippen LogP contribution in [0.2, 0.25) is 0 Å². The first kappa shape index (κ1) is 26.9. The lowest BCUT2D eigenvalue weighted by molar-refractivity contribution is -0.384. The molecule has 4 amide bonds. The zero-order valence-corrected chi connectivity index (χ0v) is 21.4. The number of rotatable bonds is 7. The van der Waals surface area contributed by atoms with Gasteiger partial charge < -0.3 is 10.2 Å². The van der Waals surface area contributed by atoms with Crippen molar-refractivity contribution in [1.82, 2.24) is 19.4 Å². The topological polar surface area (TPSA) is 167 Å². The molecule has 0 unspecified atom stereocenters. The van der Waals surface area contributed by atoms with Crippen LogP contribution in [0.3, 0.4) is 0 Å². The first-order chi connectivity index (χ1) is 17.8. The van der Waals surface area contributed by atoms with Crippen molar-refractivity contribution in [3.63, 3.8) is 0 Å². The number of nitro benzene ring substituents is 1. The van der Waals surface area contributed by atoms with E-state index in [1.807, 2.05) is 0 Å². The summed E-state index contributed by atoms with van der Waals surface area (Å²) in [5.41, 5.74) is -1.08. The molecule has 38 heavy (non-hydrogen) atoms. The normalized spacial score (nSPS) is 20.4. The fourth-order valence-electron chi connectivity index (χ4n) is 4.39. The van der Waals surface area contributed by atoms with Gasteiger partial charge in [0.25, 0.3) is 11.6 Å². The zero-order chi connectivity index (χ0) is 27.8. The van der Waals surface area contributed by atoms with Crippen LogP contribution in [0.1, 0.15) is 29.8 Å². The fourth-order valence-corrected chi connectivity index (χ4v) is 5.86. The Balaban J connectivity index is 1.40. The largest absolute Gasteiger partial charge is 0.338 e.